The third kappa shape index (κ3) is 4.08. The van der Waals surface area contributed by atoms with E-state index in [0.29, 0.717) is 12.3 Å². The Morgan fingerprint density at radius 3 is 2.11 bits per heavy atom. The van der Waals surface area contributed by atoms with E-state index >= 15 is 0 Å². The van der Waals surface area contributed by atoms with Gasteiger partial charge < -0.3 is 10.2 Å². The van der Waals surface area contributed by atoms with Gasteiger partial charge in [-0.2, -0.15) is 0 Å². The Morgan fingerprint density at radius 1 is 0.926 bits per heavy atom. The van der Waals surface area contributed by atoms with Gasteiger partial charge in [-0.15, -0.1) is 0 Å². The van der Waals surface area contributed by atoms with Crippen molar-refractivity contribution in [2.75, 3.05) is 26.2 Å². The third-order valence-corrected chi connectivity index (χ3v) is 6.33. The number of hydrogen-bond acceptors (Lipinski definition) is 2. The van der Waals surface area contributed by atoms with Gasteiger partial charge in [0.2, 0.25) is 5.91 Å². The molecule has 1 amide bonds. The standard InChI is InChI=1S/C24H30N2O/c27-23(14-17-26-15-8-3-9-16-26)25-19-22-18-24(22,20-10-4-1-5-11-20)21-12-6-2-7-13-21/h1-2,4-7,10-13,22H,3,8-9,14-19H2,(H,25,27). The van der Waals surface area contributed by atoms with Crippen LogP contribution in [0.1, 0.15) is 43.2 Å². The van der Waals surface area contributed by atoms with Gasteiger partial charge in [0, 0.05) is 24.9 Å². The summed E-state index contributed by atoms with van der Waals surface area (Å²) in [5.74, 6) is 0.670. The molecule has 27 heavy (non-hydrogen) atoms. The lowest BCUT2D eigenvalue weighted by Gasteiger charge is -2.26. The zero-order valence-electron chi connectivity index (χ0n) is 16.1. The lowest BCUT2D eigenvalue weighted by molar-refractivity contribution is -0.121. The minimum atomic E-state index is 0.0582. The highest BCUT2D eigenvalue weighted by molar-refractivity contribution is 5.76. The van der Waals surface area contributed by atoms with Crippen LogP contribution >= 0.6 is 0 Å². The number of nitrogens with one attached hydrogen (secondary N) is 1. The summed E-state index contributed by atoms with van der Waals surface area (Å²) in [5, 5.41) is 3.21. The fraction of sp³-hybridized carbons (Fsp3) is 0.458. The lowest BCUT2D eigenvalue weighted by atomic mass is 9.86. The summed E-state index contributed by atoms with van der Waals surface area (Å²) in [4.78, 5) is 14.8. The van der Waals surface area contributed by atoms with Crippen LogP contribution in [0.15, 0.2) is 60.7 Å². The number of rotatable bonds is 7. The number of carbonyl (C=O) groups is 1. The molecular formula is C24H30N2O. The highest BCUT2D eigenvalue weighted by atomic mass is 16.1. The number of piperidine rings is 1. The molecule has 0 spiro atoms. The third-order valence-electron chi connectivity index (χ3n) is 6.33. The van der Waals surface area contributed by atoms with Crippen LogP contribution in [-0.2, 0) is 10.2 Å². The second kappa shape index (κ2) is 8.26. The SMILES string of the molecule is O=C(CCN1CCCCC1)NCC1CC1(c1ccccc1)c1ccccc1. The highest BCUT2D eigenvalue weighted by Gasteiger charge is 2.55. The molecule has 3 heteroatoms. The normalized spacial score (nSPS) is 21.6. The van der Waals surface area contributed by atoms with E-state index in [2.05, 4.69) is 70.9 Å². The van der Waals surface area contributed by atoms with Crippen molar-refractivity contribution < 1.29 is 4.79 Å². The van der Waals surface area contributed by atoms with Gasteiger partial charge in [0.15, 0.2) is 0 Å². The van der Waals surface area contributed by atoms with Gasteiger partial charge in [-0.1, -0.05) is 67.1 Å². The van der Waals surface area contributed by atoms with Crippen LogP contribution in [0.2, 0.25) is 0 Å². The van der Waals surface area contributed by atoms with Crippen LogP contribution in [0.25, 0.3) is 0 Å². The van der Waals surface area contributed by atoms with E-state index in [1.807, 2.05) is 0 Å². The first-order chi connectivity index (χ1) is 13.3. The fourth-order valence-electron chi connectivity index (χ4n) is 4.69. The number of hydrogen-bond donors (Lipinski definition) is 1. The molecule has 2 aromatic carbocycles. The van der Waals surface area contributed by atoms with Crippen molar-refractivity contribution in [2.45, 2.75) is 37.5 Å². The summed E-state index contributed by atoms with van der Waals surface area (Å²) in [6, 6.07) is 21.5. The van der Waals surface area contributed by atoms with E-state index in [9.17, 15) is 4.79 Å². The van der Waals surface area contributed by atoms with E-state index in [-0.39, 0.29) is 11.3 Å². The Hall–Kier alpha value is -2.13. The molecule has 142 valence electrons. The minimum Gasteiger partial charge on any atom is -0.356 e. The summed E-state index contributed by atoms with van der Waals surface area (Å²) < 4.78 is 0. The van der Waals surface area contributed by atoms with E-state index in [1.165, 1.54) is 30.4 Å². The number of benzene rings is 2. The maximum Gasteiger partial charge on any atom is 0.221 e. The van der Waals surface area contributed by atoms with E-state index in [1.54, 1.807) is 0 Å². The van der Waals surface area contributed by atoms with E-state index < -0.39 is 0 Å². The Labute approximate surface area is 162 Å². The Morgan fingerprint density at radius 2 is 1.52 bits per heavy atom. The second-order valence-electron chi connectivity index (χ2n) is 8.06. The zero-order chi connectivity index (χ0) is 18.5. The van der Waals surface area contributed by atoms with E-state index in [4.69, 9.17) is 0 Å². The van der Waals surface area contributed by atoms with Crippen LogP contribution in [0.3, 0.4) is 0 Å². The van der Waals surface area contributed by atoms with Gasteiger partial charge in [-0.25, -0.2) is 0 Å². The van der Waals surface area contributed by atoms with Gasteiger partial charge in [0.05, 0.1) is 0 Å². The quantitative estimate of drug-likeness (QED) is 0.808. The monoisotopic (exact) mass is 362 g/mol. The zero-order valence-corrected chi connectivity index (χ0v) is 16.1. The van der Waals surface area contributed by atoms with Gasteiger partial charge in [-0.05, 0) is 49.4 Å². The molecule has 1 unspecified atom stereocenters. The Bertz CT molecular complexity index is 698. The van der Waals surface area contributed by atoms with Gasteiger partial charge in [-0.3, -0.25) is 4.79 Å². The molecule has 1 saturated heterocycles. The highest BCUT2D eigenvalue weighted by Crippen LogP contribution is 2.58. The molecular weight excluding hydrogens is 332 g/mol. The maximum absolute atomic E-state index is 12.4. The smallest absolute Gasteiger partial charge is 0.221 e. The second-order valence-corrected chi connectivity index (χ2v) is 8.06. The first-order valence-electron chi connectivity index (χ1n) is 10.4. The summed E-state index contributed by atoms with van der Waals surface area (Å²) in [6.07, 6.45) is 5.62. The largest absolute Gasteiger partial charge is 0.356 e. The van der Waals surface area contributed by atoms with Gasteiger partial charge in [0.1, 0.15) is 0 Å². The number of nitrogens with zero attached hydrogens (tertiary/aromatic N) is 1. The molecule has 0 aromatic heterocycles. The lowest BCUT2D eigenvalue weighted by Crippen LogP contribution is -2.35. The molecule has 3 nitrogen and oxygen atoms in total. The minimum absolute atomic E-state index is 0.0582. The first kappa shape index (κ1) is 18.2. The predicted octanol–water partition coefficient (Wildman–Crippen LogP) is 3.98. The molecule has 4 rings (SSSR count). The molecule has 0 bridgehead atoms. The molecule has 2 aromatic rings. The topological polar surface area (TPSA) is 32.3 Å². The van der Waals surface area contributed by atoms with Gasteiger partial charge in [0.25, 0.3) is 0 Å². The first-order valence-corrected chi connectivity index (χ1v) is 10.4. The van der Waals surface area contributed by atoms with Crippen LogP contribution in [0.4, 0.5) is 0 Å². The van der Waals surface area contributed by atoms with Crippen molar-refractivity contribution in [3.63, 3.8) is 0 Å². The molecule has 1 N–H and O–H groups in total. The molecule has 1 atom stereocenters. The van der Waals surface area contributed by atoms with Crippen molar-refractivity contribution in [3.05, 3.63) is 71.8 Å². The maximum atomic E-state index is 12.4. The molecule has 2 aliphatic rings. The Kier molecular flexibility index (Phi) is 5.58. The molecule has 1 aliphatic carbocycles. The van der Waals surface area contributed by atoms with E-state index in [0.717, 1.165) is 32.6 Å². The van der Waals surface area contributed by atoms with Crippen LogP contribution in [0.5, 0.6) is 0 Å². The fourth-order valence-corrected chi connectivity index (χ4v) is 4.69. The molecule has 1 saturated carbocycles. The van der Waals surface area contributed by atoms with Crippen LogP contribution in [0, 0.1) is 5.92 Å². The van der Waals surface area contributed by atoms with Crippen molar-refractivity contribution in [1.29, 1.82) is 0 Å². The number of likely N-dealkylation sites (tertiary alicyclic amines) is 1. The molecule has 1 aliphatic heterocycles. The van der Waals surface area contributed by atoms with Crippen molar-refractivity contribution in [1.82, 2.24) is 10.2 Å². The molecule has 2 fully saturated rings. The number of amides is 1. The predicted molar refractivity (Wildman–Crippen MR) is 110 cm³/mol. The number of carbonyl (C=O) groups excluding carboxylic acids is 1. The van der Waals surface area contributed by atoms with Gasteiger partial charge >= 0.3 is 0 Å². The summed E-state index contributed by atoms with van der Waals surface area (Å²) in [6.45, 7) is 3.98. The average Bonchev–Trinajstić information content (AvgIpc) is 3.48. The molecule has 0 radical (unpaired) electrons. The molecule has 1 heterocycles. The summed E-state index contributed by atoms with van der Waals surface area (Å²) in [5.41, 5.74) is 2.79. The average molecular weight is 363 g/mol. The van der Waals surface area contributed by atoms with Crippen LogP contribution < -0.4 is 5.32 Å². The summed E-state index contributed by atoms with van der Waals surface area (Å²) in [7, 11) is 0. The van der Waals surface area contributed by atoms with Crippen LogP contribution in [-0.4, -0.2) is 37.0 Å². The summed E-state index contributed by atoms with van der Waals surface area (Å²) >= 11 is 0. The van der Waals surface area contributed by atoms with Crippen molar-refractivity contribution in [3.8, 4) is 0 Å². The van der Waals surface area contributed by atoms with Crippen molar-refractivity contribution in [2.24, 2.45) is 5.92 Å². The Balaban J connectivity index is 1.35. The van der Waals surface area contributed by atoms with Crippen molar-refractivity contribution >= 4 is 5.91 Å².